The van der Waals surface area contributed by atoms with Crippen LogP contribution in [-0.4, -0.2) is 41.6 Å². The van der Waals surface area contributed by atoms with E-state index in [0.717, 1.165) is 22.5 Å². The van der Waals surface area contributed by atoms with Crippen molar-refractivity contribution in [3.05, 3.63) is 300 Å². The predicted molar refractivity (Wildman–Crippen MR) is 306 cm³/mol. The Bertz CT molecular complexity index is 3100. The monoisotopic (exact) mass is 898 g/mol. The van der Waals surface area contributed by atoms with E-state index in [9.17, 15) is 0 Å². The Kier molecular flexibility index (Phi) is 13.6. The minimum Gasteiger partial charge on any atom is -0.377 e. The fourth-order valence-corrected chi connectivity index (χ4v) is 10.4. The third kappa shape index (κ3) is 9.42. The van der Waals surface area contributed by atoms with E-state index in [1.54, 1.807) is 0 Å². The molecule has 10 rings (SSSR count). The molecule has 0 fully saturated rings. The molecule has 0 aromatic heterocycles. The van der Waals surface area contributed by atoms with Gasteiger partial charge in [0.1, 0.15) is 0 Å². The fraction of sp³-hybridized carbons (Fsp3) is 0.0606. The Hall–Kier alpha value is -8.33. The molecule has 0 amide bonds. The van der Waals surface area contributed by atoms with E-state index in [1.807, 2.05) is 0 Å². The Morgan fingerprint density at radius 2 is 0.543 bits per heavy atom. The van der Waals surface area contributed by atoms with Crippen LogP contribution in [-0.2, 0) is 0 Å². The molecule has 0 bridgehead atoms. The van der Waals surface area contributed by atoms with Crippen LogP contribution < -0.4 is 31.7 Å². The van der Waals surface area contributed by atoms with Gasteiger partial charge in [-0.2, -0.15) is 0 Å². The van der Waals surface area contributed by atoms with Crippen LogP contribution in [0.1, 0.15) is 33.4 Å². The van der Waals surface area contributed by atoms with Crippen LogP contribution in [0.15, 0.2) is 267 Å². The molecule has 0 saturated heterocycles. The summed E-state index contributed by atoms with van der Waals surface area (Å²) in [5.41, 5.74) is 19.3. The highest BCUT2D eigenvalue weighted by Gasteiger charge is 2.32. The van der Waals surface area contributed by atoms with Gasteiger partial charge in [-0.25, -0.2) is 0 Å². The molecule has 0 atom stereocenters. The highest BCUT2D eigenvalue weighted by atomic mass is 15.1. The Morgan fingerprint density at radius 1 is 0.271 bits per heavy atom. The van der Waals surface area contributed by atoms with Gasteiger partial charge in [-0.3, -0.25) is 0 Å². The number of hydrogen-bond donors (Lipinski definition) is 0. The number of fused-ring (bicyclic) bond motifs is 1. The van der Waals surface area contributed by atoms with Gasteiger partial charge < -0.3 is 9.80 Å². The number of nitrogens with zero attached hydrogens (tertiary/aromatic N) is 2. The lowest BCUT2D eigenvalue weighted by Crippen LogP contribution is -2.44. The number of benzene rings is 10. The highest BCUT2D eigenvalue weighted by molar-refractivity contribution is 7.01. The summed E-state index contributed by atoms with van der Waals surface area (Å²) in [6.07, 6.45) is 0. The summed E-state index contributed by atoms with van der Waals surface area (Å²) < 4.78 is 0. The number of hydrogen-bond acceptors (Lipinski definition) is 2. The predicted octanol–water partition coefficient (Wildman–Crippen LogP) is 12.6. The fourth-order valence-electron chi connectivity index (χ4n) is 10.4. The van der Waals surface area contributed by atoms with Gasteiger partial charge >= 0.3 is 0 Å². The first-order chi connectivity index (χ1) is 34.4. The summed E-state index contributed by atoms with van der Waals surface area (Å²) >= 11 is 0. The normalized spacial score (nSPS) is 11.9. The minimum atomic E-state index is -0.0591. The van der Waals surface area contributed by atoms with Gasteiger partial charge in [0, 0.05) is 50.7 Å². The highest BCUT2D eigenvalue weighted by Crippen LogP contribution is 2.42. The maximum atomic E-state index is 2.42. The molecule has 0 N–H and O–H groups in total. The molecular formula is C66H56B2N2. The molecule has 0 saturated carbocycles. The molecule has 4 heteroatoms. The molecule has 0 aliphatic rings. The van der Waals surface area contributed by atoms with Crippen LogP contribution in [0.3, 0.4) is 0 Å². The molecule has 0 aliphatic heterocycles. The van der Waals surface area contributed by atoms with E-state index in [-0.39, 0.29) is 13.4 Å². The van der Waals surface area contributed by atoms with Crippen LogP contribution in [0.5, 0.6) is 0 Å². The lowest BCUT2D eigenvalue weighted by molar-refractivity contribution is 1.13. The molecule has 10 aromatic rings. The van der Waals surface area contributed by atoms with Crippen LogP contribution in [0, 0.1) is 0 Å². The minimum absolute atomic E-state index is 0.0591. The first kappa shape index (κ1) is 45.5. The average molecular weight is 899 g/mol. The first-order valence-electron chi connectivity index (χ1n) is 24.3. The van der Waals surface area contributed by atoms with E-state index in [0.29, 0.717) is 0 Å². The number of rotatable bonds is 14. The van der Waals surface area contributed by atoms with Crippen molar-refractivity contribution in [2.24, 2.45) is 0 Å². The third-order valence-corrected chi connectivity index (χ3v) is 13.5. The third-order valence-electron chi connectivity index (χ3n) is 13.5. The van der Waals surface area contributed by atoms with Crippen molar-refractivity contribution in [2.45, 2.75) is 0 Å². The van der Waals surface area contributed by atoms with Gasteiger partial charge in [-0.05, 0) is 68.4 Å². The Balaban J connectivity index is 1.27. The smallest absolute Gasteiger partial charge is 0.242 e. The van der Waals surface area contributed by atoms with Crippen molar-refractivity contribution < 1.29 is 0 Å². The Morgan fingerprint density at radius 3 is 0.843 bits per heavy atom. The van der Waals surface area contributed by atoms with E-state index < -0.39 is 0 Å². The van der Waals surface area contributed by atoms with Crippen molar-refractivity contribution >= 4 is 79.5 Å². The summed E-state index contributed by atoms with van der Waals surface area (Å²) in [5.74, 6) is 0. The largest absolute Gasteiger partial charge is 0.377 e. The standard InChI is InChI=1S/C66H56B2N2/c1-69(2)61-41-25-23-39-59(61)63(65(49-27-11-5-12-28-49)67(55-31-15-7-16-32-55)56-33-17-8-18-34-56)53-45-43-52-48-54(46-44-51(52)47-53)64(60-40-24-26-42-62(60)70(3)4)66(50-29-13-6-14-30-50)68(57-35-19-9-20-36-57)58-37-21-10-22-38-58/h5-48H,1-4H3/b65-63-,66-64-. The lowest BCUT2D eigenvalue weighted by atomic mass is 9.34. The first-order valence-corrected chi connectivity index (χ1v) is 24.3. The Labute approximate surface area is 415 Å². The van der Waals surface area contributed by atoms with Crippen LogP contribution in [0.25, 0.3) is 32.9 Å². The zero-order chi connectivity index (χ0) is 47.8. The molecule has 2 nitrogen and oxygen atoms in total. The summed E-state index contributed by atoms with van der Waals surface area (Å²) in [4.78, 5) is 4.49. The van der Waals surface area contributed by atoms with Crippen molar-refractivity contribution in [3.63, 3.8) is 0 Å². The zero-order valence-corrected chi connectivity index (χ0v) is 40.5. The van der Waals surface area contributed by atoms with Crippen molar-refractivity contribution in [1.82, 2.24) is 0 Å². The molecule has 10 aromatic carbocycles. The van der Waals surface area contributed by atoms with Crippen molar-refractivity contribution in [3.8, 4) is 0 Å². The molecule has 0 radical (unpaired) electrons. The molecular weight excluding hydrogens is 842 g/mol. The van der Waals surface area contributed by atoms with Gasteiger partial charge in [-0.15, -0.1) is 0 Å². The lowest BCUT2D eigenvalue weighted by Gasteiger charge is -2.28. The maximum absolute atomic E-state index is 2.42. The SMILES string of the molecule is CN(C)c1ccccc1/C(=C(\B(c1ccccc1)c1ccccc1)c1ccccc1)c1ccc2cc(/C(=C(/B(c3ccccc3)c3ccccc3)c3ccccc3)c3ccccc3N(C)C)ccc2c1. The molecule has 0 heterocycles. The van der Waals surface area contributed by atoms with Crippen molar-refractivity contribution in [1.29, 1.82) is 0 Å². The van der Waals surface area contributed by atoms with Gasteiger partial charge in [0.2, 0.25) is 13.4 Å². The molecule has 0 unspecified atom stereocenters. The molecule has 0 aliphatic carbocycles. The van der Waals surface area contributed by atoms with Gasteiger partial charge in [0.05, 0.1) is 0 Å². The van der Waals surface area contributed by atoms with E-state index >= 15 is 0 Å². The summed E-state index contributed by atoms with van der Waals surface area (Å²) in [6.45, 7) is -0.118. The summed E-state index contributed by atoms with van der Waals surface area (Å²) in [6, 6.07) is 98.0. The van der Waals surface area contributed by atoms with Gasteiger partial charge in [0.25, 0.3) is 0 Å². The van der Waals surface area contributed by atoms with Crippen molar-refractivity contribution in [2.75, 3.05) is 38.0 Å². The van der Waals surface area contributed by atoms with E-state index in [1.165, 1.54) is 77.0 Å². The number of para-hydroxylation sites is 2. The zero-order valence-electron chi connectivity index (χ0n) is 40.5. The average Bonchev–Trinajstić information content (AvgIpc) is 3.42. The number of anilines is 2. The summed E-state index contributed by atoms with van der Waals surface area (Å²) in [7, 11) is 8.59. The molecule has 70 heavy (non-hydrogen) atoms. The summed E-state index contributed by atoms with van der Waals surface area (Å²) in [5, 5.41) is 2.35. The second-order valence-corrected chi connectivity index (χ2v) is 18.4. The van der Waals surface area contributed by atoms with Crippen LogP contribution in [0.4, 0.5) is 11.4 Å². The molecule has 0 spiro atoms. The second-order valence-electron chi connectivity index (χ2n) is 18.4. The van der Waals surface area contributed by atoms with E-state index in [4.69, 9.17) is 0 Å². The quantitative estimate of drug-likeness (QED) is 0.0793. The van der Waals surface area contributed by atoms with Crippen LogP contribution in [0.2, 0.25) is 0 Å². The van der Waals surface area contributed by atoms with Gasteiger partial charge in [0.15, 0.2) is 0 Å². The van der Waals surface area contributed by atoms with Crippen LogP contribution >= 0.6 is 0 Å². The molecule has 336 valence electrons. The topological polar surface area (TPSA) is 6.48 Å². The maximum Gasteiger partial charge on any atom is 0.242 e. The van der Waals surface area contributed by atoms with E-state index in [2.05, 4.69) is 305 Å². The second kappa shape index (κ2) is 20.9. The van der Waals surface area contributed by atoms with Gasteiger partial charge in [-0.1, -0.05) is 275 Å².